The molecule has 15 aromatic carbocycles. The van der Waals surface area contributed by atoms with Crippen molar-refractivity contribution in [2.75, 3.05) is 23.0 Å². The second kappa shape index (κ2) is 43.3. The smallest absolute Gasteiger partial charge is 0.152 e. The zero-order valence-corrected chi connectivity index (χ0v) is 102. The van der Waals surface area contributed by atoms with Gasteiger partial charge in [-0.1, -0.05) is 380 Å². The lowest BCUT2D eigenvalue weighted by atomic mass is 9.89. The van der Waals surface area contributed by atoms with Crippen LogP contribution in [-0.4, -0.2) is 78.9 Å². The van der Waals surface area contributed by atoms with E-state index >= 15 is 0 Å². The molecule has 0 atom stereocenters. The first-order valence-electron chi connectivity index (χ1n) is 56.0. The molecule has 4 saturated carbocycles. The fourth-order valence-electron chi connectivity index (χ4n) is 27.5. The molecular formula is C138H146S6Si6. The van der Waals surface area contributed by atoms with Gasteiger partial charge in [0.25, 0.3) is 0 Å². The summed E-state index contributed by atoms with van der Waals surface area (Å²) in [5.41, 5.74) is 39.8. The monoisotopic (exact) mass is 2160 g/mol. The van der Waals surface area contributed by atoms with Gasteiger partial charge >= 0.3 is 0 Å². The minimum Gasteiger partial charge on any atom is -0.152 e. The Hall–Kier alpha value is -9.64. The van der Waals surface area contributed by atoms with Crippen molar-refractivity contribution in [3.8, 4) is 68.8 Å². The zero-order valence-electron chi connectivity index (χ0n) is 91.5. The van der Waals surface area contributed by atoms with Crippen molar-refractivity contribution >= 4 is 256 Å². The van der Waals surface area contributed by atoms with Crippen LogP contribution in [0.2, 0.25) is 78.6 Å². The summed E-state index contributed by atoms with van der Waals surface area (Å²) in [5, 5.41) is 34.6. The second-order valence-electron chi connectivity index (χ2n) is 47.0. The minimum atomic E-state index is -2.21. The molecule has 12 heteroatoms. The molecule has 758 valence electrons. The number of hydrogen-bond donors (Lipinski definition) is 0. The molecule has 6 fully saturated rings. The van der Waals surface area contributed by atoms with Crippen molar-refractivity contribution in [2.24, 2.45) is 0 Å². The van der Waals surface area contributed by atoms with Crippen molar-refractivity contribution in [3.63, 3.8) is 0 Å². The molecule has 17 aromatic rings. The lowest BCUT2D eigenvalue weighted by Crippen LogP contribution is -2.57. The van der Waals surface area contributed by atoms with Crippen LogP contribution in [-0.2, 0) is 0 Å². The van der Waals surface area contributed by atoms with Crippen molar-refractivity contribution in [2.45, 2.75) is 275 Å². The first-order chi connectivity index (χ1) is 72.5. The van der Waals surface area contributed by atoms with E-state index in [2.05, 4.69) is 519 Å². The van der Waals surface area contributed by atoms with Crippen LogP contribution in [0.15, 0.2) is 279 Å². The second-order valence-corrected chi connectivity index (χ2v) is 86.7. The van der Waals surface area contributed by atoms with Gasteiger partial charge in [0.2, 0.25) is 0 Å². The number of hydrogen-bond acceptors (Lipinski definition) is 6. The summed E-state index contributed by atoms with van der Waals surface area (Å²) in [5.74, 6) is 29.2. The first-order valence-corrected chi connectivity index (χ1v) is 75.0. The fourth-order valence-corrected chi connectivity index (χ4v) is 76.6. The van der Waals surface area contributed by atoms with Gasteiger partial charge in [0.1, 0.15) is 16.1 Å². The summed E-state index contributed by atoms with van der Waals surface area (Å²) in [4.78, 5) is 0. The van der Waals surface area contributed by atoms with Gasteiger partial charge in [-0.25, -0.2) is 0 Å². The molecule has 0 N–H and O–H groups in total. The van der Waals surface area contributed by atoms with Gasteiger partial charge in [0, 0.05) is 42.4 Å². The van der Waals surface area contributed by atoms with Crippen LogP contribution >= 0.6 is 69.7 Å². The van der Waals surface area contributed by atoms with Crippen molar-refractivity contribution in [1.29, 1.82) is 0 Å². The molecule has 0 radical (unpaired) electrons. The van der Waals surface area contributed by atoms with Gasteiger partial charge in [-0.3, -0.25) is 0 Å². The summed E-state index contributed by atoms with van der Waals surface area (Å²) in [6.07, 6.45) is 18.0. The SMILES string of the molecule is C=CC[Si](C#Cc1c2cc3ccccc3cc2c(C#C[Si](CC=C)(C2CC2)C2CC2)c2cc3ccccc3cc12)(C1CC1)C1CC1.CC(C)[Si](C#Cc1c2cc3ccccc3cc2c(C#C[Si](C(C)C)(C(C)C)C2(C)SCCCS2)c2cc3ccccc3cc12)(C(C)C)C1(C)SCCCS1.CC(C)[Si](C#Cc1c2cc3ccccc3cc2c(C#C[Si](c2cccs2)(C(C)C)C(C)C)c2cc3ccccc3cc12)(c1cccs1)C(C)C. The van der Waals surface area contributed by atoms with Crippen LogP contribution in [0.4, 0.5) is 0 Å². The maximum atomic E-state index is 4.31. The quantitative estimate of drug-likeness (QED) is 0.0323. The Morgan fingerprint density at radius 3 is 0.607 bits per heavy atom. The highest BCUT2D eigenvalue weighted by Gasteiger charge is 2.59. The molecule has 4 aliphatic carbocycles. The van der Waals surface area contributed by atoms with Gasteiger partial charge in [0.15, 0.2) is 32.3 Å². The molecule has 0 spiro atoms. The third-order valence-electron chi connectivity index (χ3n) is 35.9. The molecule has 150 heavy (non-hydrogen) atoms. The van der Waals surface area contributed by atoms with E-state index in [1.54, 1.807) is 0 Å². The van der Waals surface area contributed by atoms with E-state index in [9.17, 15) is 0 Å². The Labute approximate surface area is 926 Å². The highest BCUT2D eigenvalue weighted by atomic mass is 32.2. The van der Waals surface area contributed by atoms with Gasteiger partial charge in [-0.05, 0) is 341 Å². The topological polar surface area (TPSA) is 0 Å². The van der Waals surface area contributed by atoms with Gasteiger partial charge in [-0.2, -0.15) is 22.7 Å². The van der Waals surface area contributed by atoms with Crippen molar-refractivity contribution in [3.05, 3.63) is 312 Å². The van der Waals surface area contributed by atoms with Gasteiger partial charge in [0.05, 0.1) is 7.40 Å². The number of benzene rings is 15. The normalized spacial score (nSPS) is 16.1. The molecule has 23 rings (SSSR count). The third kappa shape index (κ3) is 19.2. The molecule has 2 saturated heterocycles. The number of thioether (sulfide) groups is 4. The average Bonchev–Trinajstić information content (AvgIpc) is 1.54. The summed E-state index contributed by atoms with van der Waals surface area (Å²) < 4.78 is 3.28. The Balaban J connectivity index is 0.000000132. The van der Waals surface area contributed by atoms with Crippen molar-refractivity contribution in [1.82, 2.24) is 0 Å². The summed E-state index contributed by atoms with van der Waals surface area (Å²) in [7, 11) is -12.4. The third-order valence-corrected chi connectivity index (χ3v) is 84.3. The first kappa shape index (κ1) is 106. The molecule has 2 aliphatic heterocycles. The summed E-state index contributed by atoms with van der Waals surface area (Å²) in [6.45, 7) is 52.5. The molecule has 0 amide bonds. The van der Waals surface area contributed by atoms with Crippen LogP contribution in [0.5, 0.6) is 0 Å². The largest absolute Gasteiger partial charge is 0.185 e. The van der Waals surface area contributed by atoms with E-state index in [-0.39, 0.29) is 7.40 Å². The van der Waals surface area contributed by atoms with E-state index in [1.165, 1.54) is 248 Å². The van der Waals surface area contributed by atoms with Crippen LogP contribution in [0, 0.1) is 68.8 Å². The van der Waals surface area contributed by atoms with Crippen molar-refractivity contribution < 1.29 is 0 Å². The summed E-state index contributed by atoms with van der Waals surface area (Å²) in [6, 6.07) is 93.4. The maximum absolute atomic E-state index is 4.31. The average molecular weight is 2170 g/mol. The van der Waals surface area contributed by atoms with E-state index in [0.29, 0.717) is 44.3 Å². The predicted molar refractivity (Wildman–Crippen MR) is 692 cm³/mol. The van der Waals surface area contributed by atoms with Gasteiger partial charge in [-0.15, -0.1) is 93.5 Å². The fraction of sp³-hybridized carbons (Fsp3) is 0.348. The maximum Gasteiger partial charge on any atom is 0.185 e. The zero-order chi connectivity index (χ0) is 105. The summed E-state index contributed by atoms with van der Waals surface area (Å²) >= 11 is 12.6. The minimum absolute atomic E-state index is 0.157. The van der Waals surface area contributed by atoms with E-state index < -0.39 is 48.4 Å². The Bertz CT molecular complexity index is 7730. The predicted octanol–water partition coefficient (Wildman–Crippen LogP) is 39.4. The van der Waals surface area contributed by atoms with Crippen LogP contribution < -0.4 is 9.00 Å². The van der Waals surface area contributed by atoms with E-state index in [1.807, 2.05) is 22.7 Å². The highest BCUT2D eigenvalue weighted by Crippen LogP contribution is 2.63. The lowest BCUT2D eigenvalue weighted by molar-refractivity contribution is 0.874. The van der Waals surface area contributed by atoms with E-state index in [4.69, 9.17) is 0 Å². The highest BCUT2D eigenvalue weighted by molar-refractivity contribution is 8.22. The Kier molecular flexibility index (Phi) is 30.6. The van der Waals surface area contributed by atoms with Crippen LogP contribution in [0.25, 0.3) is 129 Å². The standard InChI is InChI=1S/C48H58S4Si2.C46H46S2Si2.C44H42Si2/c1-33(2)53(34(3)4,47(9)49-23-15-24-50-47)27-21-41-43-29-37-17-11-13-19-39(37)31-45(43)42(46-32-40-20-14-12-18-38(40)30-44(41)46)22-28-54(35(5)6,36(7)8)48(10)51-25-16-26-52-48;1-31(2)49(32(3)4,45-19-13-23-47-45)25-21-39-41-27-35-15-9-11-17-37(35)29-43(41)40(44-30-38-18-12-10-16-36(38)28-42(39)44)22-26-50(33(5)6,34(7)8)46-20-14-24-48-46;1-3-23-45(35-13-14-35,36-15-16-36)25-21-39-41-27-31-9-5-7-11-33(31)29-43(41)40(44-30-34-12-8-6-10-32(34)28-42(39)44)22-26-46(24-4-2,37-17-18-37)38-19-20-38/h11-14,17-20,29-36H,15-16,23-26H2,1-10H3;9-20,23-24,27-34H,1-8H3;3-12,27-30,35-38H,1-2,13-20,23-24H2. The Morgan fingerprint density at radius 1 is 0.260 bits per heavy atom. The molecule has 0 unspecified atom stereocenters. The number of allylic oxidation sites excluding steroid dienone is 2. The molecule has 2 aromatic heterocycles. The lowest BCUT2D eigenvalue weighted by Gasteiger charge is -2.50. The van der Waals surface area contributed by atoms with E-state index in [0.717, 1.165) is 45.4 Å². The molecule has 4 heterocycles. The Morgan fingerprint density at radius 2 is 0.447 bits per heavy atom. The van der Waals surface area contributed by atoms with Crippen LogP contribution in [0.3, 0.4) is 0 Å². The van der Waals surface area contributed by atoms with Gasteiger partial charge < -0.3 is 0 Å². The molecule has 6 aliphatic rings. The number of thiophene rings is 2. The molecular weight excluding hydrogens is 2020 g/mol. The number of rotatable bonds is 20. The molecule has 0 bridgehead atoms. The number of fused-ring (bicyclic) bond motifs is 12. The molecule has 0 nitrogen and oxygen atoms in total. The van der Waals surface area contributed by atoms with Crippen LogP contribution in [0.1, 0.15) is 222 Å².